The molecule has 0 saturated carbocycles. The number of hydrogen-bond donors (Lipinski definition) is 0. The number of ether oxygens (including phenoxy) is 1. The standard InChI is InChI=1S/C17H26O2/c1-5-6-7-8-9-17(18)19-16-12-15(13(2)3)11-10-14(16)4/h10-13H,5-9H2,1-4H3. The summed E-state index contributed by atoms with van der Waals surface area (Å²) in [6.45, 7) is 8.42. The Morgan fingerprint density at radius 2 is 1.95 bits per heavy atom. The molecular weight excluding hydrogens is 236 g/mol. The van der Waals surface area contributed by atoms with Gasteiger partial charge in [-0.1, -0.05) is 52.2 Å². The van der Waals surface area contributed by atoms with Crippen LogP contribution in [0.4, 0.5) is 0 Å². The predicted octanol–water partition coefficient (Wildman–Crippen LogP) is 4.99. The summed E-state index contributed by atoms with van der Waals surface area (Å²) in [5, 5.41) is 0. The van der Waals surface area contributed by atoms with Crippen LogP contribution in [0.5, 0.6) is 5.75 Å². The van der Waals surface area contributed by atoms with Crippen LogP contribution in [0.3, 0.4) is 0 Å². The van der Waals surface area contributed by atoms with Crippen LogP contribution in [0.1, 0.15) is 69.9 Å². The van der Waals surface area contributed by atoms with Crippen molar-refractivity contribution in [3.63, 3.8) is 0 Å². The molecule has 19 heavy (non-hydrogen) atoms. The van der Waals surface area contributed by atoms with Crippen molar-refractivity contribution in [2.75, 3.05) is 0 Å². The lowest BCUT2D eigenvalue weighted by Crippen LogP contribution is -2.09. The highest BCUT2D eigenvalue weighted by atomic mass is 16.5. The molecule has 0 N–H and O–H groups in total. The van der Waals surface area contributed by atoms with Crippen molar-refractivity contribution in [3.8, 4) is 5.75 Å². The Bertz CT molecular complexity index is 408. The Morgan fingerprint density at radius 3 is 2.58 bits per heavy atom. The number of unbranched alkanes of at least 4 members (excludes halogenated alkanes) is 3. The van der Waals surface area contributed by atoms with Crippen LogP contribution in [-0.2, 0) is 4.79 Å². The van der Waals surface area contributed by atoms with Crippen LogP contribution in [0.15, 0.2) is 18.2 Å². The van der Waals surface area contributed by atoms with E-state index in [2.05, 4.69) is 26.8 Å². The Balaban J connectivity index is 2.55. The second-order valence-electron chi connectivity index (χ2n) is 5.46. The number of carbonyl (C=O) groups excluding carboxylic acids is 1. The minimum absolute atomic E-state index is 0.111. The van der Waals surface area contributed by atoms with Gasteiger partial charge >= 0.3 is 5.97 Å². The Labute approximate surface area is 117 Å². The Kier molecular flexibility index (Phi) is 6.61. The summed E-state index contributed by atoms with van der Waals surface area (Å²) in [4.78, 5) is 11.8. The summed E-state index contributed by atoms with van der Waals surface area (Å²) >= 11 is 0. The number of carbonyl (C=O) groups is 1. The second-order valence-corrected chi connectivity index (χ2v) is 5.46. The third-order valence-electron chi connectivity index (χ3n) is 3.34. The molecule has 1 rings (SSSR count). The highest BCUT2D eigenvalue weighted by Gasteiger charge is 2.09. The van der Waals surface area contributed by atoms with E-state index in [0.717, 1.165) is 18.4 Å². The first-order valence-corrected chi connectivity index (χ1v) is 7.35. The number of rotatable bonds is 7. The summed E-state index contributed by atoms with van der Waals surface area (Å²) in [7, 11) is 0. The largest absolute Gasteiger partial charge is 0.426 e. The molecular formula is C17H26O2. The normalized spacial score (nSPS) is 10.8. The molecule has 1 aromatic rings. The summed E-state index contributed by atoms with van der Waals surface area (Å²) < 4.78 is 5.48. The molecule has 0 spiro atoms. The van der Waals surface area contributed by atoms with Gasteiger partial charge in [0.25, 0.3) is 0 Å². The molecule has 0 amide bonds. The van der Waals surface area contributed by atoms with Gasteiger partial charge in [0, 0.05) is 6.42 Å². The average molecular weight is 262 g/mol. The van der Waals surface area contributed by atoms with E-state index in [4.69, 9.17) is 4.74 Å². The summed E-state index contributed by atoms with van der Waals surface area (Å²) in [6.07, 6.45) is 4.93. The fourth-order valence-electron chi connectivity index (χ4n) is 1.96. The van der Waals surface area contributed by atoms with Crippen molar-refractivity contribution in [1.82, 2.24) is 0 Å². The average Bonchev–Trinajstić information content (AvgIpc) is 2.37. The molecule has 0 bridgehead atoms. The highest BCUT2D eigenvalue weighted by Crippen LogP contribution is 2.24. The van der Waals surface area contributed by atoms with E-state index in [1.807, 2.05) is 19.1 Å². The van der Waals surface area contributed by atoms with E-state index < -0.39 is 0 Å². The molecule has 0 heterocycles. The second kappa shape index (κ2) is 7.98. The first kappa shape index (κ1) is 15.7. The fourth-order valence-corrected chi connectivity index (χ4v) is 1.96. The molecule has 0 aliphatic rings. The number of hydrogen-bond acceptors (Lipinski definition) is 2. The van der Waals surface area contributed by atoms with Crippen LogP contribution >= 0.6 is 0 Å². The van der Waals surface area contributed by atoms with E-state index in [1.54, 1.807) is 0 Å². The Hall–Kier alpha value is -1.31. The minimum Gasteiger partial charge on any atom is -0.426 e. The van der Waals surface area contributed by atoms with E-state index in [-0.39, 0.29) is 5.97 Å². The summed E-state index contributed by atoms with van der Waals surface area (Å²) in [6, 6.07) is 6.11. The van der Waals surface area contributed by atoms with Crippen molar-refractivity contribution in [2.45, 2.75) is 65.7 Å². The number of esters is 1. The maximum Gasteiger partial charge on any atom is 0.311 e. The molecule has 2 nitrogen and oxygen atoms in total. The topological polar surface area (TPSA) is 26.3 Å². The zero-order valence-corrected chi connectivity index (χ0v) is 12.7. The predicted molar refractivity (Wildman–Crippen MR) is 79.7 cm³/mol. The van der Waals surface area contributed by atoms with Gasteiger partial charge in [-0.3, -0.25) is 4.79 Å². The van der Waals surface area contributed by atoms with Crippen molar-refractivity contribution >= 4 is 5.97 Å². The smallest absolute Gasteiger partial charge is 0.311 e. The SMILES string of the molecule is CCCCCCC(=O)Oc1cc(C(C)C)ccc1C. The minimum atomic E-state index is -0.111. The lowest BCUT2D eigenvalue weighted by atomic mass is 10.0. The van der Waals surface area contributed by atoms with Gasteiger partial charge in [-0.15, -0.1) is 0 Å². The molecule has 0 unspecified atom stereocenters. The first-order chi connectivity index (χ1) is 9.04. The fraction of sp³-hybridized carbons (Fsp3) is 0.588. The highest BCUT2D eigenvalue weighted by molar-refractivity contribution is 5.72. The van der Waals surface area contributed by atoms with Crippen molar-refractivity contribution in [3.05, 3.63) is 29.3 Å². The summed E-state index contributed by atoms with van der Waals surface area (Å²) in [5.41, 5.74) is 2.23. The van der Waals surface area contributed by atoms with E-state index >= 15 is 0 Å². The zero-order chi connectivity index (χ0) is 14.3. The monoisotopic (exact) mass is 262 g/mol. The van der Waals surface area contributed by atoms with E-state index in [0.29, 0.717) is 18.1 Å². The van der Waals surface area contributed by atoms with Crippen LogP contribution in [0.25, 0.3) is 0 Å². The number of aryl methyl sites for hydroxylation is 1. The van der Waals surface area contributed by atoms with Gasteiger partial charge in [0.2, 0.25) is 0 Å². The van der Waals surface area contributed by atoms with Crippen molar-refractivity contribution in [2.24, 2.45) is 0 Å². The van der Waals surface area contributed by atoms with Gasteiger partial charge in [0.05, 0.1) is 0 Å². The van der Waals surface area contributed by atoms with E-state index in [1.165, 1.54) is 18.4 Å². The van der Waals surface area contributed by atoms with Gasteiger partial charge in [-0.05, 0) is 36.5 Å². The third kappa shape index (κ3) is 5.46. The van der Waals surface area contributed by atoms with Crippen molar-refractivity contribution < 1.29 is 9.53 Å². The van der Waals surface area contributed by atoms with Gasteiger partial charge in [-0.2, -0.15) is 0 Å². The molecule has 2 heteroatoms. The van der Waals surface area contributed by atoms with Gasteiger partial charge in [0.1, 0.15) is 5.75 Å². The van der Waals surface area contributed by atoms with Crippen LogP contribution in [-0.4, -0.2) is 5.97 Å². The molecule has 0 aromatic heterocycles. The van der Waals surface area contributed by atoms with Gasteiger partial charge < -0.3 is 4.74 Å². The molecule has 0 fully saturated rings. The third-order valence-corrected chi connectivity index (χ3v) is 3.34. The maximum atomic E-state index is 11.8. The molecule has 106 valence electrons. The van der Waals surface area contributed by atoms with Crippen molar-refractivity contribution in [1.29, 1.82) is 0 Å². The van der Waals surface area contributed by atoms with Gasteiger partial charge in [-0.25, -0.2) is 0 Å². The van der Waals surface area contributed by atoms with Crippen LogP contribution in [0, 0.1) is 6.92 Å². The molecule has 0 aliphatic heterocycles. The summed E-state index contributed by atoms with van der Waals surface area (Å²) in [5.74, 6) is 1.05. The molecule has 0 radical (unpaired) electrons. The molecule has 0 atom stereocenters. The van der Waals surface area contributed by atoms with Crippen LogP contribution < -0.4 is 4.74 Å². The zero-order valence-electron chi connectivity index (χ0n) is 12.7. The quantitative estimate of drug-likeness (QED) is 0.393. The first-order valence-electron chi connectivity index (χ1n) is 7.35. The van der Waals surface area contributed by atoms with Gasteiger partial charge in [0.15, 0.2) is 0 Å². The maximum absolute atomic E-state index is 11.8. The molecule has 1 aromatic carbocycles. The Morgan fingerprint density at radius 1 is 1.21 bits per heavy atom. The lowest BCUT2D eigenvalue weighted by molar-refractivity contribution is -0.134. The molecule has 0 saturated heterocycles. The lowest BCUT2D eigenvalue weighted by Gasteiger charge is -2.11. The van der Waals surface area contributed by atoms with Crippen LogP contribution in [0.2, 0.25) is 0 Å². The number of benzene rings is 1. The molecule has 0 aliphatic carbocycles. The van der Waals surface area contributed by atoms with E-state index in [9.17, 15) is 4.79 Å².